The van der Waals surface area contributed by atoms with E-state index in [1.54, 1.807) is 0 Å². The van der Waals surface area contributed by atoms with Crippen molar-refractivity contribution in [1.82, 2.24) is 5.32 Å². The predicted molar refractivity (Wildman–Crippen MR) is 93.8 cm³/mol. The molecule has 0 saturated heterocycles. The number of ether oxygens (including phenoxy) is 1. The normalized spacial score (nSPS) is 12.2. The minimum atomic E-state index is -4.40. The topological polar surface area (TPSA) is 21.3 Å². The third kappa shape index (κ3) is 5.78. The van der Waals surface area contributed by atoms with Crippen LogP contribution in [0.3, 0.4) is 0 Å². The van der Waals surface area contributed by atoms with Crippen LogP contribution in [0.15, 0.2) is 48.5 Å². The first-order valence-corrected chi connectivity index (χ1v) is 8.27. The molecule has 0 spiro atoms. The standard InChI is InChI=1S/C20H24F3NO/c1-19(2,3)16-10-8-15(9-11-16)14-24-12-13-25-18-7-5-4-6-17(18)20(21,22)23/h4-11,24H,12-14H2,1-3H3. The Morgan fingerprint density at radius 3 is 2.16 bits per heavy atom. The van der Waals surface area contributed by atoms with Crippen molar-refractivity contribution in [2.45, 2.75) is 38.9 Å². The zero-order valence-corrected chi connectivity index (χ0v) is 14.8. The van der Waals surface area contributed by atoms with Gasteiger partial charge in [0.15, 0.2) is 0 Å². The molecular weight excluding hydrogens is 327 g/mol. The molecule has 2 rings (SSSR count). The van der Waals surface area contributed by atoms with Crippen molar-refractivity contribution in [3.05, 3.63) is 65.2 Å². The van der Waals surface area contributed by atoms with E-state index in [4.69, 9.17) is 4.74 Å². The highest BCUT2D eigenvalue weighted by atomic mass is 19.4. The summed E-state index contributed by atoms with van der Waals surface area (Å²) in [5.41, 5.74) is 1.77. The Labute approximate surface area is 147 Å². The minimum Gasteiger partial charge on any atom is -0.492 e. The van der Waals surface area contributed by atoms with Gasteiger partial charge in [-0.15, -0.1) is 0 Å². The Balaban J connectivity index is 1.79. The van der Waals surface area contributed by atoms with Crippen molar-refractivity contribution >= 4 is 0 Å². The Bertz CT molecular complexity index is 673. The minimum absolute atomic E-state index is 0.117. The van der Waals surface area contributed by atoms with Gasteiger partial charge in [0.05, 0.1) is 5.56 Å². The predicted octanol–water partition coefficient (Wildman–Crippen LogP) is 5.17. The summed E-state index contributed by atoms with van der Waals surface area (Å²) in [7, 11) is 0. The molecule has 0 radical (unpaired) electrons. The summed E-state index contributed by atoms with van der Waals surface area (Å²) in [5.74, 6) is -0.133. The number of rotatable bonds is 6. The van der Waals surface area contributed by atoms with Crippen molar-refractivity contribution in [3.8, 4) is 5.75 Å². The molecule has 136 valence electrons. The van der Waals surface area contributed by atoms with E-state index in [-0.39, 0.29) is 17.8 Å². The lowest BCUT2D eigenvalue weighted by atomic mass is 9.87. The zero-order valence-electron chi connectivity index (χ0n) is 14.8. The maximum absolute atomic E-state index is 12.9. The molecule has 0 aromatic heterocycles. The summed E-state index contributed by atoms with van der Waals surface area (Å²) < 4.78 is 43.9. The van der Waals surface area contributed by atoms with E-state index in [0.717, 1.165) is 11.6 Å². The second-order valence-corrected chi connectivity index (χ2v) is 6.97. The first-order chi connectivity index (χ1) is 11.7. The van der Waals surface area contributed by atoms with Gasteiger partial charge in [0.1, 0.15) is 12.4 Å². The van der Waals surface area contributed by atoms with E-state index in [1.807, 2.05) is 0 Å². The fourth-order valence-corrected chi connectivity index (χ4v) is 2.42. The number of hydrogen-bond acceptors (Lipinski definition) is 2. The molecule has 0 bridgehead atoms. The van der Waals surface area contributed by atoms with Crippen molar-refractivity contribution in [2.24, 2.45) is 0 Å². The molecule has 2 nitrogen and oxygen atoms in total. The average molecular weight is 351 g/mol. The van der Waals surface area contributed by atoms with E-state index < -0.39 is 11.7 Å². The van der Waals surface area contributed by atoms with Gasteiger partial charge in [-0.1, -0.05) is 57.2 Å². The van der Waals surface area contributed by atoms with Gasteiger partial charge in [-0.2, -0.15) is 13.2 Å². The molecule has 1 N–H and O–H groups in total. The van der Waals surface area contributed by atoms with Gasteiger partial charge < -0.3 is 10.1 Å². The third-order valence-corrected chi connectivity index (χ3v) is 3.88. The Morgan fingerprint density at radius 2 is 1.56 bits per heavy atom. The van der Waals surface area contributed by atoms with Gasteiger partial charge in [-0.3, -0.25) is 0 Å². The molecule has 0 unspecified atom stereocenters. The summed E-state index contributed by atoms with van der Waals surface area (Å²) in [4.78, 5) is 0. The lowest BCUT2D eigenvalue weighted by Crippen LogP contribution is -2.21. The van der Waals surface area contributed by atoms with Gasteiger partial charge >= 0.3 is 6.18 Å². The van der Waals surface area contributed by atoms with Crippen LogP contribution < -0.4 is 10.1 Å². The smallest absolute Gasteiger partial charge is 0.419 e. The lowest BCUT2D eigenvalue weighted by Gasteiger charge is -2.19. The Kier molecular flexibility index (Phi) is 6.11. The number of hydrogen-bond donors (Lipinski definition) is 1. The van der Waals surface area contributed by atoms with Crippen LogP contribution in [0, 0.1) is 0 Å². The van der Waals surface area contributed by atoms with Crippen LogP contribution >= 0.6 is 0 Å². The maximum atomic E-state index is 12.9. The summed E-state index contributed by atoms with van der Waals surface area (Å²) in [5, 5.41) is 3.18. The summed E-state index contributed by atoms with van der Waals surface area (Å²) >= 11 is 0. The molecule has 2 aromatic rings. The van der Waals surface area contributed by atoms with Crippen LogP contribution in [0.1, 0.15) is 37.5 Å². The van der Waals surface area contributed by atoms with E-state index in [2.05, 4.69) is 50.4 Å². The summed E-state index contributed by atoms with van der Waals surface area (Å²) in [6.45, 7) is 7.78. The average Bonchev–Trinajstić information content (AvgIpc) is 2.53. The van der Waals surface area contributed by atoms with Crippen LogP contribution in [0.2, 0.25) is 0 Å². The fourth-order valence-electron chi connectivity index (χ4n) is 2.42. The molecular formula is C20H24F3NO. The SMILES string of the molecule is CC(C)(C)c1ccc(CNCCOc2ccccc2C(F)(F)F)cc1. The molecule has 0 fully saturated rings. The first-order valence-electron chi connectivity index (χ1n) is 8.27. The van der Waals surface area contributed by atoms with Crippen LogP contribution in [-0.4, -0.2) is 13.2 Å². The second-order valence-electron chi connectivity index (χ2n) is 6.97. The molecule has 0 atom stereocenters. The molecule has 2 aromatic carbocycles. The van der Waals surface area contributed by atoms with E-state index in [0.29, 0.717) is 13.1 Å². The molecule has 0 amide bonds. The largest absolute Gasteiger partial charge is 0.492 e. The van der Waals surface area contributed by atoms with Gasteiger partial charge in [-0.25, -0.2) is 0 Å². The number of halogens is 3. The van der Waals surface area contributed by atoms with Crippen molar-refractivity contribution < 1.29 is 17.9 Å². The lowest BCUT2D eigenvalue weighted by molar-refractivity contribution is -0.138. The third-order valence-electron chi connectivity index (χ3n) is 3.88. The van der Waals surface area contributed by atoms with Crippen LogP contribution in [0.4, 0.5) is 13.2 Å². The fraction of sp³-hybridized carbons (Fsp3) is 0.400. The summed E-state index contributed by atoms with van der Waals surface area (Å²) in [6, 6.07) is 13.6. The van der Waals surface area contributed by atoms with Crippen molar-refractivity contribution in [3.63, 3.8) is 0 Å². The molecule has 0 aliphatic heterocycles. The van der Waals surface area contributed by atoms with Crippen LogP contribution in [0.25, 0.3) is 0 Å². The quantitative estimate of drug-likeness (QED) is 0.725. The van der Waals surface area contributed by atoms with Crippen molar-refractivity contribution in [2.75, 3.05) is 13.2 Å². The second kappa shape index (κ2) is 7.91. The van der Waals surface area contributed by atoms with Gasteiger partial charge in [0.2, 0.25) is 0 Å². The van der Waals surface area contributed by atoms with Crippen LogP contribution in [-0.2, 0) is 18.1 Å². The Morgan fingerprint density at radius 1 is 0.920 bits per heavy atom. The monoisotopic (exact) mass is 351 g/mol. The number of alkyl halides is 3. The molecule has 0 aliphatic carbocycles. The summed E-state index contributed by atoms with van der Waals surface area (Å²) in [6.07, 6.45) is -4.40. The van der Waals surface area contributed by atoms with E-state index in [1.165, 1.54) is 23.8 Å². The number of para-hydroxylation sites is 1. The number of benzene rings is 2. The van der Waals surface area contributed by atoms with Gasteiger partial charge in [0.25, 0.3) is 0 Å². The molecule has 0 saturated carbocycles. The maximum Gasteiger partial charge on any atom is 0.419 e. The first kappa shape index (κ1) is 19.3. The highest BCUT2D eigenvalue weighted by Gasteiger charge is 2.33. The van der Waals surface area contributed by atoms with E-state index >= 15 is 0 Å². The molecule has 0 aliphatic rings. The zero-order chi connectivity index (χ0) is 18.5. The highest BCUT2D eigenvalue weighted by molar-refractivity contribution is 5.35. The highest BCUT2D eigenvalue weighted by Crippen LogP contribution is 2.35. The Hall–Kier alpha value is -2.01. The van der Waals surface area contributed by atoms with Gasteiger partial charge in [-0.05, 0) is 28.7 Å². The molecule has 25 heavy (non-hydrogen) atoms. The van der Waals surface area contributed by atoms with Crippen LogP contribution in [0.5, 0.6) is 5.75 Å². The molecule has 5 heteroatoms. The van der Waals surface area contributed by atoms with Crippen molar-refractivity contribution in [1.29, 1.82) is 0 Å². The van der Waals surface area contributed by atoms with Gasteiger partial charge in [0, 0.05) is 13.1 Å². The van der Waals surface area contributed by atoms with E-state index in [9.17, 15) is 13.2 Å². The number of nitrogens with one attached hydrogen (secondary N) is 1. The molecule has 0 heterocycles.